The van der Waals surface area contributed by atoms with Gasteiger partial charge >= 0.3 is 0 Å². The Morgan fingerprint density at radius 3 is 2.68 bits per heavy atom. The molecule has 1 aliphatic rings. The first-order chi connectivity index (χ1) is 15.1. The van der Waals surface area contributed by atoms with Crippen LogP contribution in [-0.4, -0.2) is 64.4 Å². The predicted molar refractivity (Wildman–Crippen MR) is 122 cm³/mol. The van der Waals surface area contributed by atoms with E-state index < -0.39 is 0 Å². The van der Waals surface area contributed by atoms with E-state index in [9.17, 15) is 4.79 Å². The summed E-state index contributed by atoms with van der Waals surface area (Å²) in [6, 6.07) is 17.6. The molecule has 31 heavy (non-hydrogen) atoms. The molecular weight excluding hydrogens is 412 g/mol. The molecular formula is C24H27ClN4O2. The van der Waals surface area contributed by atoms with Gasteiger partial charge in [0.1, 0.15) is 0 Å². The Balaban J connectivity index is 1.55. The van der Waals surface area contributed by atoms with Gasteiger partial charge in [-0.25, -0.2) is 4.68 Å². The second kappa shape index (κ2) is 10.1. The fourth-order valence-corrected chi connectivity index (χ4v) is 4.01. The minimum Gasteiger partial charge on any atom is -0.379 e. The van der Waals surface area contributed by atoms with Crippen LogP contribution in [0.5, 0.6) is 0 Å². The highest BCUT2D eigenvalue weighted by Crippen LogP contribution is 2.18. The molecule has 0 radical (unpaired) electrons. The monoisotopic (exact) mass is 438 g/mol. The largest absolute Gasteiger partial charge is 0.379 e. The number of nitrogens with zero attached hydrogens (tertiary/aromatic N) is 4. The van der Waals surface area contributed by atoms with Crippen LogP contribution in [-0.2, 0) is 11.3 Å². The number of morpholine rings is 1. The van der Waals surface area contributed by atoms with Crippen molar-refractivity contribution in [1.82, 2.24) is 19.6 Å². The fourth-order valence-electron chi connectivity index (χ4n) is 3.82. The highest BCUT2D eigenvalue weighted by molar-refractivity contribution is 6.30. The molecule has 3 aromatic rings. The molecule has 0 aliphatic carbocycles. The molecule has 1 amide bonds. The van der Waals surface area contributed by atoms with Gasteiger partial charge in [0.15, 0.2) is 0 Å². The van der Waals surface area contributed by atoms with Crippen LogP contribution in [0, 0.1) is 0 Å². The molecule has 2 aromatic carbocycles. The van der Waals surface area contributed by atoms with E-state index in [1.54, 1.807) is 17.1 Å². The molecule has 1 aromatic heterocycles. The van der Waals surface area contributed by atoms with Crippen molar-refractivity contribution in [3.05, 3.63) is 83.1 Å². The molecule has 0 spiro atoms. The molecule has 4 rings (SSSR count). The summed E-state index contributed by atoms with van der Waals surface area (Å²) in [6.07, 6.45) is 3.40. The van der Waals surface area contributed by atoms with Crippen molar-refractivity contribution in [2.45, 2.75) is 19.5 Å². The highest BCUT2D eigenvalue weighted by atomic mass is 35.5. The first-order valence-corrected chi connectivity index (χ1v) is 10.9. The van der Waals surface area contributed by atoms with Crippen LogP contribution < -0.4 is 0 Å². The van der Waals surface area contributed by atoms with Gasteiger partial charge < -0.3 is 9.64 Å². The number of ether oxygens (including phenoxy) is 1. The number of carbonyl (C=O) groups excluding carboxylic acids is 1. The van der Waals surface area contributed by atoms with Crippen LogP contribution in [0.1, 0.15) is 22.8 Å². The first-order valence-electron chi connectivity index (χ1n) is 10.6. The van der Waals surface area contributed by atoms with Crippen LogP contribution in [0.3, 0.4) is 0 Å². The molecule has 1 aliphatic heterocycles. The topological polar surface area (TPSA) is 50.6 Å². The molecule has 1 unspecified atom stereocenters. The Labute approximate surface area is 188 Å². The van der Waals surface area contributed by atoms with Crippen LogP contribution >= 0.6 is 11.6 Å². The summed E-state index contributed by atoms with van der Waals surface area (Å²) in [7, 11) is 0. The maximum absolute atomic E-state index is 13.5. The average molecular weight is 439 g/mol. The van der Waals surface area contributed by atoms with E-state index in [-0.39, 0.29) is 11.9 Å². The summed E-state index contributed by atoms with van der Waals surface area (Å²) in [5.74, 6) is -0.0297. The Bertz CT molecular complexity index is 1000. The zero-order chi connectivity index (χ0) is 21.6. The van der Waals surface area contributed by atoms with Crippen molar-refractivity contribution >= 4 is 17.5 Å². The normalized spacial score (nSPS) is 15.5. The van der Waals surface area contributed by atoms with Gasteiger partial charge in [0.2, 0.25) is 0 Å². The number of aromatic nitrogens is 2. The summed E-state index contributed by atoms with van der Waals surface area (Å²) < 4.78 is 7.15. The second-order valence-corrected chi connectivity index (χ2v) is 8.27. The summed E-state index contributed by atoms with van der Waals surface area (Å²) in [5, 5.41) is 5.03. The van der Waals surface area contributed by atoms with Gasteiger partial charge in [0.05, 0.1) is 30.7 Å². The Kier molecular flexibility index (Phi) is 7.02. The summed E-state index contributed by atoms with van der Waals surface area (Å²) in [6.45, 7) is 6.74. The van der Waals surface area contributed by atoms with E-state index in [2.05, 4.69) is 29.1 Å². The Morgan fingerprint density at radius 1 is 1.16 bits per heavy atom. The molecule has 2 heterocycles. The number of halogens is 1. The maximum Gasteiger partial charge on any atom is 0.257 e. The first kappa shape index (κ1) is 21.6. The van der Waals surface area contributed by atoms with E-state index in [0.717, 1.165) is 44.1 Å². The number of rotatable bonds is 7. The number of benzene rings is 2. The lowest BCUT2D eigenvalue weighted by molar-refractivity contribution is 0.0228. The van der Waals surface area contributed by atoms with Gasteiger partial charge in [0.25, 0.3) is 5.91 Å². The SMILES string of the molecule is CC(CN1CCOCC1)N(Cc1ccccc1)C(=O)c1cnn(-c2cccc(Cl)c2)c1. The molecule has 0 N–H and O–H groups in total. The zero-order valence-corrected chi connectivity index (χ0v) is 18.4. The molecule has 0 saturated carbocycles. The molecule has 1 saturated heterocycles. The van der Waals surface area contributed by atoms with E-state index in [4.69, 9.17) is 16.3 Å². The quantitative estimate of drug-likeness (QED) is 0.561. The van der Waals surface area contributed by atoms with Gasteiger partial charge in [-0.3, -0.25) is 9.69 Å². The van der Waals surface area contributed by atoms with Crippen molar-refractivity contribution in [3.63, 3.8) is 0 Å². The zero-order valence-electron chi connectivity index (χ0n) is 17.7. The highest BCUT2D eigenvalue weighted by Gasteiger charge is 2.25. The standard InChI is InChI=1S/C24H27ClN4O2/c1-19(16-27-10-12-31-13-11-27)28(17-20-6-3-2-4-7-20)24(30)21-15-26-29(18-21)23-9-5-8-22(25)14-23/h2-9,14-15,18-19H,10-13,16-17H2,1H3. The lowest BCUT2D eigenvalue weighted by Gasteiger charge is -2.35. The van der Waals surface area contributed by atoms with Gasteiger partial charge in [-0.1, -0.05) is 48.0 Å². The van der Waals surface area contributed by atoms with Crippen LogP contribution in [0.15, 0.2) is 67.0 Å². The van der Waals surface area contributed by atoms with Gasteiger partial charge in [0, 0.05) is 43.4 Å². The smallest absolute Gasteiger partial charge is 0.257 e. The molecule has 1 fully saturated rings. The van der Waals surface area contributed by atoms with Gasteiger partial charge in [-0.15, -0.1) is 0 Å². The Hall–Kier alpha value is -2.67. The summed E-state index contributed by atoms with van der Waals surface area (Å²) >= 11 is 6.11. The summed E-state index contributed by atoms with van der Waals surface area (Å²) in [5.41, 5.74) is 2.49. The van der Waals surface area contributed by atoms with Crippen molar-refractivity contribution < 1.29 is 9.53 Å². The third-order valence-corrected chi connectivity index (χ3v) is 5.75. The van der Waals surface area contributed by atoms with Gasteiger partial charge in [-0.05, 0) is 30.7 Å². The van der Waals surface area contributed by atoms with Crippen LogP contribution in [0.2, 0.25) is 5.02 Å². The van der Waals surface area contributed by atoms with Crippen LogP contribution in [0.25, 0.3) is 5.69 Å². The minimum absolute atomic E-state index is 0.0297. The van der Waals surface area contributed by atoms with E-state index >= 15 is 0 Å². The maximum atomic E-state index is 13.5. The number of carbonyl (C=O) groups is 1. The molecule has 1 atom stereocenters. The number of hydrogen-bond donors (Lipinski definition) is 0. The lowest BCUT2D eigenvalue weighted by atomic mass is 10.1. The van der Waals surface area contributed by atoms with Crippen molar-refractivity contribution in [2.75, 3.05) is 32.8 Å². The van der Waals surface area contributed by atoms with E-state index in [1.165, 1.54) is 0 Å². The third-order valence-electron chi connectivity index (χ3n) is 5.52. The Morgan fingerprint density at radius 2 is 1.94 bits per heavy atom. The minimum atomic E-state index is -0.0297. The number of hydrogen-bond acceptors (Lipinski definition) is 4. The van der Waals surface area contributed by atoms with Crippen molar-refractivity contribution in [3.8, 4) is 5.69 Å². The lowest BCUT2D eigenvalue weighted by Crippen LogP contribution is -2.47. The molecule has 6 nitrogen and oxygen atoms in total. The van der Waals surface area contributed by atoms with E-state index in [1.807, 2.05) is 47.4 Å². The predicted octanol–water partition coefficient (Wildman–Crippen LogP) is 3.89. The second-order valence-electron chi connectivity index (χ2n) is 7.83. The van der Waals surface area contributed by atoms with Crippen molar-refractivity contribution in [1.29, 1.82) is 0 Å². The third kappa shape index (κ3) is 5.53. The summed E-state index contributed by atoms with van der Waals surface area (Å²) in [4.78, 5) is 17.8. The number of amides is 1. The van der Waals surface area contributed by atoms with Gasteiger partial charge in [-0.2, -0.15) is 5.10 Å². The molecule has 162 valence electrons. The fraction of sp³-hybridized carbons (Fsp3) is 0.333. The average Bonchev–Trinajstić information content (AvgIpc) is 3.29. The van der Waals surface area contributed by atoms with E-state index in [0.29, 0.717) is 17.1 Å². The molecule has 7 heteroatoms. The molecule has 0 bridgehead atoms. The van der Waals surface area contributed by atoms with Crippen LogP contribution in [0.4, 0.5) is 0 Å². The van der Waals surface area contributed by atoms with Crippen molar-refractivity contribution in [2.24, 2.45) is 0 Å².